The van der Waals surface area contributed by atoms with E-state index in [1.807, 2.05) is 45.3 Å². The van der Waals surface area contributed by atoms with E-state index in [-0.39, 0.29) is 24.8 Å². The minimum atomic E-state index is -0.325. The minimum absolute atomic E-state index is 0.0445. The Morgan fingerprint density at radius 2 is 2.12 bits per heavy atom. The summed E-state index contributed by atoms with van der Waals surface area (Å²) in [6.45, 7) is 6.86. The zero-order valence-electron chi connectivity index (χ0n) is 15.7. The van der Waals surface area contributed by atoms with Gasteiger partial charge in [0.05, 0.1) is 36.8 Å². The quantitative estimate of drug-likeness (QED) is 0.910. The Morgan fingerprint density at radius 1 is 1.35 bits per heavy atom. The number of benzene rings is 1. The van der Waals surface area contributed by atoms with Gasteiger partial charge in [-0.2, -0.15) is 5.10 Å². The maximum Gasteiger partial charge on any atom is 0.414 e. The molecular weight excluding hydrogens is 332 g/mol. The van der Waals surface area contributed by atoms with Crippen LogP contribution in [0, 0.1) is 0 Å². The number of hydrogen-bond acceptors (Lipinski definition) is 5. The number of carbonyl (C=O) groups excluding carboxylic acids is 1. The molecular formula is C19H26N4O3. The van der Waals surface area contributed by atoms with Gasteiger partial charge in [0.1, 0.15) is 0 Å². The number of aliphatic hydroxyl groups is 1. The predicted molar refractivity (Wildman–Crippen MR) is 102 cm³/mol. The summed E-state index contributed by atoms with van der Waals surface area (Å²) in [5.41, 5.74) is 3.75. The smallest absolute Gasteiger partial charge is 0.414 e. The number of anilines is 2. The number of aliphatic hydroxyl groups excluding tert-OH is 1. The molecule has 1 aromatic carbocycles. The number of ether oxygens (including phenoxy) is 1. The number of carbonyl (C=O) groups is 1. The van der Waals surface area contributed by atoms with Gasteiger partial charge in [-0.05, 0) is 38.5 Å². The van der Waals surface area contributed by atoms with Crippen LogP contribution in [0.15, 0.2) is 30.6 Å². The van der Waals surface area contributed by atoms with E-state index in [4.69, 9.17) is 9.84 Å². The predicted octanol–water partition coefficient (Wildman–Crippen LogP) is 2.73. The molecule has 1 N–H and O–H groups in total. The highest BCUT2D eigenvalue weighted by atomic mass is 16.6. The van der Waals surface area contributed by atoms with Crippen molar-refractivity contribution >= 4 is 17.5 Å². The van der Waals surface area contributed by atoms with Crippen molar-refractivity contribution in [2.45, 2.75) is 39.5 Å². The van der Waals surface area contributed by atoms with Gasteiger partial charge < -0.3 is 14.7 Å². The number of fused-ring (bicyclic) bond motifs is 1. The second kappa shape index (κ2) is 7.37. The van der Waals surface area contributed by atoms with Gasteiger partial charge in [0, 0.05) is 31.4 Å². The molecule has 3 rings (SSSR count). The fraction of sp³-hybridized carbons (Fsp3) is 0.474. The highest BCUT2D eigenvalue weighted by molar-refractivity contribution is 5.95. The largest absolute Gasteiger partial charge is 0.446 e. The van der Waals surface area contributed by atoms with Gasteiger partial charge >= 0.3 is 6.09 Å². The molecule has 26 heavy (non-hydrogen) atoms. The van der Waals surface area contributed by atoms with Gasteiger partial charge in [-0.1, -0.05) is 6.07 Å². The van der Waals surface area contributed by atoms with Crippen molar-refractivity contribution in [1.82, 2.24) is 9.78 Å². The number of amides is 1. The van der Waals surface area contributed by atoms with Gasteiger partial charge in [0.2, 0.25) is 0 Å². The number of nitrogens with zero attached hydrogens (tertiary/aromatic N) is 4. The lowest BCUT2D eigenvalue weighted by Crippen LogP contribution is -2.48. The topological polar surface area (TPSA) is 70.8 Å². The Labute approximate surface area is 153 Å². The first-order chi connectivity index (χ1) is 12.4. The number of likely N-dealkylation sites (N-methyl/N-ethyl adjacent to an activating group) is 1. The van der Waals surface area contributed by atoms with Gasteiger partial charge in [-0.15, -0.1) is 0 Å². The van der Waals surface area contributed by atoms with E-state index < -0.39 is 0 Å². The van der Waals surface area contributed by atoms with Crippen LogP contribution in [-0.2, 0) is 11.3 Å². The molecule has 0 fully saturated rings. The molecule has 1 aliphatic rings. The van der Waals surface area contributed by atoms with E-state index >= 15 is 0 Å². The molecule has 1 unspecified atom stereocenters. The van der Waals surface area contributed by atoms with Crippen molar-refractivity contribution in [3.05, 3.63) is 30.6 Å². The summed E-state index contributed by atoms with van der Waals surface area (Å²) >= 11 is 0. The fourth-order valence-corrected chi connectivity index (χ4v) is 3.12. The van der Waals surface area contributed by atoms with E-state index in [2.05, 4.69) is 16.9 Å². The first kappa shape index (κ1) is 18.3. The Kier molecular flexibility index (Phi) is 5.18. The summed E-state index contributed by atoms with van der Waals surface area (Å²) in [6.07, 6.45) is 3.17. The van der Waals surface area contributed by atoms with Crippen LogP contribution in [0.4, 0.5) is 16.2 Å². The third-order valence-corrected chi connectivity index (χ3v) is 4.61. The molecule has 2 aromatic rings. The van der Waals surface area contributed by atoms with Crippen LogP contribution >= 0.6 is 0 Å². The average Bonchev–Trinajstić information content (AvgIpc) is 3.06. The molecule has 0 saturated heterocycles. The van der Waals surface area contributed by atoms with Crippen LogP contribution in [0.3, 0.4) is 0 Å². The summed E-state index contributed by atoms with van der Waals surface area (Å²) in [6, 6.07) is 6.25. The molecule has 0 radical (unpaired) electrons. The van der Waals surface area contributed by atoms with Crippen molar-refractivity contribution in [2.75, 3.05) is 30.0 Å². The highest BCUT2D eigenvalue weighted by Gasteiger charge is 2.31. The van der Waals surface area contributed by atoms with Crippen LogP contribution < -0.4 is 9.80 Å². The maximum absolute atomic E-state index is 12.6. The van der Waals surface area contributed by atoms with E-state index in [1.54, 1.807) is 15.8 Å². The third-order valence-electron chi connectivity index (χ3n) is 4.61. The SMILES string of the molecule is CC(C)OC(=O)N1CC(C)N(C)c2ccc(-c3cnn(CCO)c3)cc21. The average molecular weight is 358 g/mol. The molecule has 1 aromatic heterocycles. The summed E-state index contributed by atoms with van der Waals surface area (Å²) in [7, 11) is 2.04. The Balaban J connectivity index is 1.98. The zero-order chi connectivity index (χ0) is 18.8. The van der Waals surface area contributed by atoms with E-state index in [0.717, 1.165) is 22.5 Å². The fourth-order valence-electron chi connectivity index (χ4n) is 3.12. The van der Waals surface area contributed by atoms with Crippen molar-refractivity contribution in [2.24, 2.45) is 0 Å². The van der Waals surface area contributed by atoms with Gasteiger partial charge in [-0.3, -0.25) is 9.58 Å². The molecule has 0 spiro atoms. The second-order valence-corrected chi connectivity index (χ2v) is 6.92. The molecule has 7 heteroatoms. The van der Waals surface area contributed by atoms with Crippen LogP contribution in [0.25, 0.3) is 11.1 Å². The molecule has 140 valence electrons. The van der Waals surface area contributed by atoms with Crippen molar-refractivity contribution in [3.63, 3.8) is 0 Å². The molecule has 1 aliphatic heterocycles. The molecule has 0 bridgehead atoms. The summed E-state index contributed by atoms with van der Waals surface area (Å²) in [5, 5.41) is 13.3. The van der Waals surface area contributed by atoms with E-state index in [1.165, 1.54) is 0 Å². The third kappa shape index (κ3) is 3.53. The lowest BCUT2D eigenvalue weighted by Gasteiger charge is -2.40. The van der Waals surface area contributed by atoms with E-state index in [0.29, 0.717) is 13.1 Å². The van der Waals surface area contributed by atoms with Gasteiger partial charge in [0.15, 0.2) is 0 Å². The number of hydrogen-bond donors (Lipinski definition) is 1. The summed E-state index contributed by atoms with van der Waals surface area (Å²) in [5.74, 6) is 0. The second-order valence-electron chi connectivity index (χ2n) is 6.92. The number of rotatable bonds is 4. The number of aromatic nitrogens is 2. The molecule has 0 aliphatic carbocycles. The molecule has 2 heterocycles. The van der Waals surface area contributed by atoms with E-state index in [9.17, 15) is 4.79 Å². The zero-order valence-corrected chi connectivity index (χ0v) is 15.7. The summed E-state index contributed by atoms with van der Waals surface area (Å²) in [4.78, 5) is 16.5. The van der Waals surface area contributed by atoms with Crippen molar-refractivity contribution < 1.29 is 14.6 Å². The van der Waals surface area contributed by atoms with Crippen molar-refractivity contribution in [3.8, 4) is 11.1 Å². The van der Waals surface area contributed by atoms with Crippen LogP contribution in [0.1, 0.15) is 20.8 Å². The van der Waals surface area contributed by atoms with Gasteiger partial charge in [-0.25, -0.2) is 4.79 Å². The molecule has 1 amide bonds. The maximum atomic E-state index is 12.6. The van der Waals surface area contributed by atoms with Crippen LogP contribution in [-0.4, -0.2) is 53.3 Å². The Morgan fingerprint density at radius 3 is 2.81 bits per heavy atom. The minimum Gasteiger partial charge on any atom is -0.446 e. The van der Waals surface area contributed by atoms with Gasteiger partial charge in [0.25, 0.3) is 0 Å². The molecule has 1 atom stereocenters. The first-order valence-electron chi connectivity index (χ1n) is 8.89. The lowest BCUT2D eigenvalue weighted by molar-refractivity contribution is 0.122. The normalized spacial score (nSPS) is 16.8. The van der Waals surface area contributed by atoms with Crippen LogP contribution in [0.2, 0.25) is 0 Å². The Hall–Kier alpha value is -2.54. The molecule has 7 nitrogen and oxygen atoms in total. The summed E-state index contributed by atoms with van der Waals surface area (Å²) < 4.78 is 7.14. The van der Waals surface area contributed by atoms with Crippen molar-refractivity contribution in [1.29, 1.82) is 0 Å². The monoisotopic (exact) mass is 358 g/mol. The lowest BCUT2D eigenvalue weighted by atomic mass is 10.0. The van der Waals surface area contributed by atoms with Crippen LogP contribution in [0.5, 0.6) is 0 Å². The highest BCUT2D eigenvalue weighted by Crippen LogP contribution is 2.38. The molecule has 0 saturated carbocycles. The Bertz CT molecular complexity index is 787. The standard InChI is InChI=1S/C19H26N4O3/c1-13(2)26-19(25)23-11-14(3)21(4)17-6-5-15(9-18(17)23)16-10-20-22(12-16)7-8-24/h5-6,9-10,12-14,24H,7-8,11H2,1-4H3. The first-order valence-corrected chi connectivity index (χ1v) is 8.89.